The Kier molecular flexibility index (Phi) is 7.76. The number of hydrogen-bond acceptors (Lipinski definition) is 3. The maximum absolute atomic E-state index is 6.27. The van der Waals surface area contributed by atoms with Crippen LogP contribution in [0.5, 0.6) is 0 Å². The van der Waals surface area contributed by atoms with E-state index < -0.39 is 0 Å². The largest absolute Gasteiger partial charge is 0.399 e. The van der Waals surface area contributed by atoms with E-state index in [4.69, 9.17) is 11.5 Å². The van der Waals surface area contributed by atoms with Gasteiger partial charge in [0, 0.05) is 47.9 Å². The van der Waals surface area contributed by atoms with Crippen molar-refractivity contribution in [2.45, 2.75) is 51.5 Å². The van der Waals surface area contributed by atoms with Crippen molar-refractivity contribution >= 4 is 22.5 Å². The molecular formula is C35H43N3. The van der Waals surface area contributed by atoms with Crippen molar-refractivity contribution in [1.82, 2.24) is 4.90 Å². The van der Waals surface area contributed by atoms with Crippen LogP contribution < -0.4 is 11.5 Å². The summed E-state index contributed by atoms with van der Waals surface area (Å²) < 4.78 is 0. The second kappa shape index (κ2) is 11.2. The number of rotatable bonds is 7. The molecule has 2 aromatic carbocycles. The molecule has 0 spiro atoms. The van der Waals surface area contributed by atoms with Crippen LogP contribution in [0.2, 0.25) is 0 Å². The van der Waals surface area contributed by atoms with E-state index in [-0.39, 0.29) is 0 Å². The summed E-state index contributed by atoms with van der Waals surface area (Å²) in [6.07, 6.45) is 11.7. The van der Waals surface area contributed by atoms with Crippen LogP contribution in [0.15, 0.2) is 86.0 Å². The lowest BCUT2D eigenvalue weighted by Gasteiger charge is -2.40. The van der Waals surface area contributed by atoms with Gasteiger partial charge in [0.25, 0.3) is 0 Å². The monoisotopic (exact) mass is 505 g/mol. The van der Waals surface area contributed by atoms with Gasteiger partial charge in [-0.2, -0.15) is 0 Å². The summed E-state index contributed by atoms with van der Waals surface area (Å²) in [6.45, 7) is 17.2. The topological polar surface area (TPSA) is 55.3 Å². The van der Waals surface area contributed by atoms with Crippen LogP contribution in [0.3, 0.4) is 0 Å². The highest BCUT2D eigenvalue weighted by molar-refractivity contribution is 5.78. The average molecular weight is 506 g/mol. The lowest BCUT2D eigenvalue weighted by molar-refractivity contribution is 0.327. The molecule has 1 aliphatic heterocycles. The molecule has 0 amide bonds. The number of nitrogens with zero attached hydrogens (tertiary/aromatic N) is 1. The van der Waals surface area contributed by atoms with Crippen LogP contribution in [0.25, 0.3) is 22.5 Å². The predicted octanol–water partition coefficient (Wildman–Crippen LogP) is 7.49. The summed E-state index contributed by atoms with van der Waals surface area (Å²) in [6, 6.07) is 17.6. The summed E-state index contributed by atoms with van der Waals surface area (Å²) in [4.78, 5) is 2.46. The summed E-state index contributed by atoms with van der Waals surface area (Å²) in [5, 5.41) is 0. The summed E-state index contributed by atoms with van der Waals surface area (Å²) in [5.41, 5.74) is 22.8. The van der Waals surface area contributed by atoms with Gasteiger partial charge in [-0.15, -0.1) is 0 Å². The van der Waals surface area contributed by atoms with Crippen LogP contribution >= 0.6 is 0 Å². The Labute approximate surface area is 229 Å². The third-order valence-corrected chi connectivity index (χ3v) is 9.00. The maximum atomic E-state index is 6.27. The van der Waals surface area contributed by atoms with Crippen molar-refractivity contribution in [1.29, 1.82) is 0 Å². The molecule has 0 bridgehead atoms. The SMILES string of the molecule is C=C(N)c1ccc(C2=CCC3CN(C(=C)c4ccccc4C(=C)CC4CCCC(N)C4)CC=C3C2C)cc1. The number of hydrogen-bond donors (Lipinski definition) is 2. The van der Waals surface area contributed by atoms with E-state index >= 15 is 0 Å². The second-order valence-electron chi connectivity index (χ2n) is 11.6. The molecule has 4 atom stereocenters. The number of benzene rings is 2. The molecule has 1 heterocycles. The number of fused-ring (bicyclic) bond motifs is 1. The van der Waals surface area contributed by atoms with Crippen molar-refractivity contribution in [3.8, 4) is 0 Å². The van der Waals surface area contributed by atoms with E-state index in [9.17, 15) is 0 Å². The van der Waals surface area contributed by atoms with Gasteiger partial charge in [-0.25, -0.2) is 0 Å². The zero-order chi connectivity index (χ0) is 26.8. The Hall–Kier alpha value is -3.30. The van der Waals surface area contributed by atoms with Crippen LogP contribution in [0, 0.1) is 17.8 Å². The van der Waals surface area contributed by atoms with E-state index in [2.05, 4.69) is 92.2 Å². The minimum atomic E-state index is 0.346. The molecule has 0 aromatic heterocycles. The van der Waals surface area contributed by atoms with Crippen LogP contribution in [0.4, 0.5) is 0 Å². The van der Waals surface area contributed by atoms with Gasteiger partial charge in [0.05, 0.1) is 0 Å². The minimum absolute atomic E-state index is 0.346. The highest BCUT2D eigenvalue weighted by Crippen LogP contribution is 2.43. The number of allylic oxidation sites excluding steroid dienone is 3. The third-order valence-electron chi connectivity index (χ3n) is 9.00. The smallest absolute Gasteiger partial charge is 0.0375 e. The Morgan fingerprint density at radius 3 is 2.42 bits per heavy atom. The zero-order valence-corrected chi connectivity index (χ0v) is 23.0. The minimum Gasteiger partial charge on any atom is -0.399 e. The molecule has 5 rings (SSSR count). The van der Waals surface area contributed by atoms with Gasteiger partial charge in [0.1, 0.15) is 0 Å². The van der Waals surface area contributed by atoms with Gasteiger partial charge < -0.3 is 16.4 Å². The fourth-order valence-corrected chi connectivity index (χ4v) is 6.85. The Balaban J connectivity index is 1.29. The molecule has 2 aromatic rings. The summed E-state index contributed by atoms with van der Waals surface area (Å²) >= 11 is 0. The average Bonchev–Trinajstić information content (AvgIpc) is 2.93. The maximum Gasteiger partial charge on any atom is 0.0375 e. The van der Waals surface area contributed by atoms with Crippen molar-refractivity contribution in [2.24, 2.45) is 29.2 Å². The first kappa shape index (κ1) is 26.3. The van der Waals surface area contributed by atoms with E-state index in [1.54, 1.807) is 5.57 Å². The van der Waals surface area contributed by atoms with Gasteiger partial charge in [-0.3, -0.25) is 0 Å². The van der Waals surface area contributed by atoms with E-state index in [1.165, 1.54) is 40.7 Å². The van der Waals surface area contributed by atoms with Crippen LogP contribution in [-0.2, 0) is 0 Å². The molecule has 0 saturated heterocycles. The third kappa shape index (κ3) is 5.44. The van der Waals surface area contributed by atoms with Crippen molar-refractivity contribution in [3.63, 3.8) is 0 Å². The van der Waals surface area contributed by atoms with Crippen molar-refractivity contribution in [2.75, 3.05) is 13.1 Å². The molecule has 3 heteroatoms. The molecule has 4 N–H and O–H groups in total. The lowest BCUT2D eigenvalue weighted by Crippen LogP contribution is -2.36. The van der Waals surface area contributed by atoms with Gasteiger partial charge in [-0.1, -0.05) is 106 Å². The van der Waals surface area contributed by atoms with E-state index in [1.807, 2.05) is 0 Å². The quantitative estimate of drug-likeness (QED) is 0.383. The molecular weight excluding hydrogens is 462 g/mol. The number of nitrogens with two attached hydrogens (primary N) is 2. The Morgan fingerprint density at radius 2 is 1.71 bits per heavy atom. The van der Waals surface area contributed by atoms with Gasteiger partial charge in [0.2, 0.25) is 0 Å². The van der Waals surface area contributed by atoms with Crippen molar-refractivity contribution < 1.29 is 0 Å². The molecule has 2 aliphatic carbocycles. The van der Waals surface area contributed by atoms with Crippen molar-refractivity contribution in [3.05, 3.63) is 108 Å². The second-order valence-corrected chi connectivity index (χ2v) is 11.6. The van der Waals surface area contributed by atoms with Gasteiger partial charge in [0.15, 0.2) is 0 Å². The fraction of sp³-hybridized carbons (Fsp3) is 0.371. The zero-order valence-electron chi connectivity index (χ0n) is 23.0. The molecule has 4 unspecified atom stereocenters. The predicted molar refractivity (Wildman–Crippen MR) is 164 cm³/mol. The molecule has 3 aliphatic rings. The summed E-state index contributed by atoms with van der Waals surface area (Å²) in [5.74, 6) is 1.56. The standard InChI is InChI=1S/C35H43N3/c1-23(20-27-8-7-9-31(37)21-27)32-10-5-6-11-35(32)26(4)38-19-18-34-24(2)33(17-16-30(34)22-38)29-14-12-28(13-15-29)25(3)36/h5-6,10-15,17-18,24,27,30-31H,1,3-4,7-9,16,19-22,36-37H2,2H3. The first-order chi connectivity index (χ1) is 18.3. The summed E-state index contributed by atoms with van der Waals surface area (Å²) in [7, 11) is 0. The first-order valence-corrected chi connectivity index (χ1v) is 14.2. The van der Waals surface area contributed by atoms with Gasteiger partial charge >= 0.3 is 0 Å². The fourth-order valence-electron chi connectivity index (χ4n) is 6.85. The molecule has 1 fully saturated rings. The molecule has 1 saturated carbocycles. The highest BCUT2D eigenvalue weighted by Gasteiger charge is 2.32. The van der Waals surface area contributed by atoms with E-state index in [0.717, 1.165) is 50.0 Å². The highest BCUT2D eigenvalue weighted by atomic mass is 15.1. The van der Waals surface area contributed by atoms with Crippen LogP contribution in [-0.4, -0.2) is 24.0 Å². The molecule has 38 heavy (non-hydrogen) atoms. The lowest BCUT2D eigenvalue weighted by atomic mass is 9.73. The normalized spacial score (nSPS) is 25.2. The Morgan fingerprint density at radius 1 is 0.974 bits per heavy atom. The molecule has 198 valence electrons. The Bertz CT molecular complexity index is 1280. The first-order valence-electron chi connectivity index (χ1n) is 14.2. The van der Waals surface area contributed by atoms with E-state index in [0.29, 0.717) is 29.5 Å². The van der Waals surface area contributed by atoms with Gasteiger partial charge in [-0.05, 0) is 59.4 Å². The molecule has 0 radical (unpaired) electrons. The van der Waals surface area contributed by atoms with Crippen LogP contribution in [0.1, 0.15) is 67.7 Å². The molecule has 3 nitrogen and oxygen atoms in total.